The van der Waals surface area contributed by atoms with Crippen LogP contribution < -0.4 is 4.72 Å². The van der Waals surface area contributed by atoms with Gasteiger partial charge in [-0.2, -0.15) is 0 Å². The Labute approximate surface area is 149 Å². The summed E-state index contributed by atoms with van der Waals surface area (Å²) in [7, 11) is -3.78. The molecule has 0 aliphatic carbocycles. The normalized spacial score (nSPS) is 13.2. The van der Waals surface area contributed by atoms with Crippen LogP contribution in [-0.2, 0) is 15.6 Å². The molecule has 25 heavy (non-hydrogen) atoms. The molecule has 0 aliphatic heterocycles. The molecule has 4 nitrogen and oxygen atoms in total. The molecule has 1 unspecified atom stereocenters. The Balaban J connectivity index is 2.48. The fourth-order valence-corrected chi connectivity index (χ4v) is 3.58. The predicted octanol–water partition coefficient (Wildman–Crippen LogP) is 3.58. The molecule has 0 saturated heterocycles. The van der Waals surface area contributed by atoms with E-state index in [1.165, 1.54) is 0 Å². The van der Waals surface area contributed by atoms with E-state index in [4.69, 9.17) is 0 Å². The maximum atomic E-state index is 12.7. The van der Waals surface area contributed by atoms with Crippen molar-refractivity contribution in [2.24, 2.45) is 0 Å². The van der Waals surface area contributed by atoms with E-state index in [1.54, 1.807) is 61.5 Å². The Morgan fingerprint density at radius 3 is 2.44 bits per heavy atom. The molecule has 1 atom stereocenters. The van der Waals surface area contributed by atoms with Crippen molar-refractivity contribution in [3.05, 3.63) is 72.3 Å². The monoisotopic (exact) mass is 355 g/mol. The molecule has 0 saturated carbocycles. The van der Waals surface area contributed by atoms with Gasteiger partial charge in [-0.05, 0) is 32.0 Å². The Kier molecular flexibility index (Phi) is 5.68. The minimum absolute atomic E-state index is 0.154. The zero-order valence-electron chi connectivity index (χ0n) is 14.3. The van der Waals surface area contributed by atoms with Crippen LogP contribution in [0.25, 0.3) is 0 Å². The van der Waals surface area contributed by atoms with E-state index in [-0.39, 0.29) is 17.0 Å². The second kappa shape index (κ2) is 7.56. The van der Waals surface area contributed by atoms with Crippen LogP contribution in [0.5, 0.6) is 0 Å². The van der Waals surface area contributed by atoms with E-state index in [0.29, 0.717) is 5.56 Å². The van der Waals surface area contributed by atoms with Crippen LogP contribution in [0, 0.1) is 18.8 Å². The van der Waals surface area contributed by atoms with Crippen LogP contribution >= 0.6 is 0 Å². The number of anilines is 1. The highest BCUT2D eigenvalue weighted by atomic mass is 32.2. The number of para-hydroxylation sites is 1. The average Bonchev–Trinajstić information content (AvgIpc) is 2.56. The van der Waals surface area contributed by atoms with Crippen molar-refractivity contribution >= 4 is 15.7 Å². The molecule has 0 aliphatic rings. The van der Waals surface area contributed by atoms with Gasteiger partial charge in [0.15, 0.2) is 5.60 Å². The lowest BCUT2D eigenvalue weighted by Crippen LogP contribution is -2.25. The summed E-state index contributed by atoms with van der Waals surface area (Å²) >= 11 is 0. The summed E-state index contributed by atoms with van der Waals surface area (Å²) < 4.78 is 27.9. The van der Waals surface area contributed by atoms with Gasteiger partial charge in [-0.3, -0.25) is 4.72 Å². The number of aliphatic hydroxyl groups is 1. The van der Waals surface area contributed by atoms with Crippen molar-refractivity contribution in [2.75, 3.05) is 4.72 Å². The molecule has 2 rings (SSSR count). The summed E-state index contributed by atoms with van der Waals surface area (Å²) in [5.74, 6) is 5.44. The molecular formula is C20H21NO3S. The molecule has 0 spiro atoms. The third-order valence-corrected chi connectivity index (χ3v) is 5.10. The van der Waals surface area contributed by atoms with E-state index in [0.717, 1.165) is 5.56 Å². The molecule has 5 heteroatoms. The number of hydrogen-bond acceptors (Lipinski definition) is 3. The Morgan fingerprint density at radius 2 is 1.84 bits per heavy atom. The van der Waals surface area contributed by atoms with Gasteiger partial charge in [-0.25, -0.2) is 8.42 Å². The minimum atomic E-state index is -3.78. The van der Waals surface area contributed by atoms with Gasteiger partial charge in [0, 0.05) is 12.0 Å². The topological polar surface area (TPSA) is 66.4 Å². The highest BCUT2D eigenvalue weighted by molar-refractivity contribution is 7.92. The van der Waals surface area contributed by atoms with Crippen molar-refractivity contribution in [1.82, 2.24) is 0 Å². The van der Waals surface area contributed by atoms with Gasteiger partial charge in [-0.1, -0.05) is 47.9 Å². The molecule has 0 aromatic heterocycles. The van der Waals surface area contributed by atoms with Gasteiger partial charge in [0.05, 0.1) is 10.6 Å². The van der Waals surface area contributed by atoms with E-state index < -0.39 is 15.6 Å². The maximum Gasteiger partial charge on any atom is 0.261 e. The number of rotatable bonds is 6. The third-order valence-electron chi connectivity index (χ3n) is 3.72. The van der Waals surface area contributed by atoms with Crippen molar-refractivity contribution < 1.29 is 13.5 Å². The van der Waals surface area contributed by atoms with Crippen LogP contribution in [0.15, 0.2) is 66.1 Å². The Morgan fingerprint density at radius 1 is 1.20 bits per heavy atom. The van der Waals surface area contributed by atoms with Crippen molar-refractivity contribution in [2.45, 2.75) is 30.8 Å². The molecule has 130 valence electrons. The quantitative estimate of drug-likeness (QED) is 0.615. The lowest BCUT2D eigenvalue weighted by Gasteiger charge is -2.24. The zero-order valence-corrected chi connectivity index (χ0v) is 15.1. The lowest BCUT2D eigenvalue weighted by molar-refractivity contribution is 0.105. The largest absolute Gasteiger partial charge is 0.373 e. The summed E-state index contributed by atoms with van der Waals surface area (Å²) in [5.41, 5.74) is 0.135. The zero-order chi connectivity index (χ0) is 18.5. The van der Waals surface area contributed by atoms with Gasteiger partial charge in [-0.15, -0.1) is 12.5 Å². The van der Waals surface area contributed by atoms with E-state index in [1.807, 2.05) is 6.92 Å². The van der Waals surface area contributed by atoms with Gasteiger partial charge >= 0.3 is 0 Å². The SMILES string of the molecule is C=CCC(O)(C#CC)c1ccccc1NS(=O)(=O)c1ccc(C)cc1. The van der Waals surface area contributed by atoms with Gasteiger partial charge in [0.2, 0.25) is 0 Å². The molecule has 2 N–H and O–H groups in total. The van der Waals surface area contributed by atoms with Crippen LogP contribution in [0.1, 0.15) is 24.5 Å². The van der Waals surface area contributed by atoms with Gasteiger partial charge in [0.25, 0.3) is 10.0 Å². The first-order valence-electron chi connectivity index (χ1n) is 7.78. The lowest BCUT2D eigenvalue weighted by atomic mass is 9.90. The van der Waals surface area contributed by atoms with Crippen LogP contribution in [-0.4, -0.2) is 13.5 Å². The van der Waals surface area contributed by atoms with Crippen LogP contribution in [0.4, 0.5) is 5.69 Å². The Bertz CT molecular complexity index is 921. The molecule has 0 radical (unpaired) electrons. The van der Waals surface area contributed by atoms with Crippen molar-refractivity contribution in [1.29, 1.82) is 0 Å². The van der Waals surface area contributed by atoms with E-state index in [9.17, 15) is 13.5 Å². The predicted molar refractivity (Wildman–Crippen MR) is 101 cm³/mol. The van der Waals surface area contributed by atoms with E-state index in [2.05, 4.69) is 23.1 Å². The number of nitrogens with one attached hydrogen (secondary N) is 1. The molecule has 0 heterocycles. The average molecular weight is 355 g/mol. The molecule has 0 amide bonds. The first kappa shape index (κ1) is 18.8. The standard InChI is InChI=1S/C20H21NO3S/c1-4-14-20(22,15-5-2)18-8-6-7-9-19(18)21-25(23,24)17-12-10-16(3)11-13-17/h4,6-13,21-22H,1,14H2,2-3H3. The molecule has 0 fully saturated rings. The molecule has 2 aromatic rings. The second-order valence-corrected chi connectivity index (χ2v) is 7.37. The fourth-order valence-electron chi connectivity index (χ4n) is 2.50. The minimum Gasteiger partial charge on any atom is -0.373 e. The summed E-state index contributed by atoms with van der Waals surface area (Å²) in [6.45, 7) is 7.15. The smallest absolute Gasteiger partial charge is 0.261 e. The summed E-state index contributed by atoms with van der Waals surface area (Å²) in [6, 6.07) is 13.2. The van der Waals surface area contributed by atoms with Crippen LogP contribution in [0.2, 0.25) is 0 Å². The van der Waals surface area contributed by atoms with Crippen molar-refractivity contribution in [3.8, 4) is 11.8 Å². The summed E-state index contributed by atoms with van der Waals surface area (Å²) in [4.78, 5) is 0.154. The maximum absolute atomic E-state index is 12.7. The number of sulfonamides is 1. The van der Waals surface area contributed by atoms with Gasteiger partial charge in [0.1, 0.15) is 0 Å². The molecule has 2 aromatic carbocycles. The molecule has 0 bridgehead atoms. The Hall–Kier alpha value is -2.55. The highest BCUT2D eigenvalue weighted by Crippen LogP contribution is 2.32. The second-order valence-electron chi connectivity index (χ2n) is 5.69. The van der Waals surface area contributed by atoms with E-state index >= 15 is 0 Å². The first-order valence-corrected chi connectivity index (χ1v) is 9.27. The molecular weight excluding hydrogens is 334 g/mol. The first-order chi connectivity index (χ1) is 11.8. The summed E-state index contributed by atoms with van der Waals surface area (Å²) in [6.07, 6.45) is 1.73. The van der Waals surface area contributed by atoms with Gasteiger partial charge < -0.3 is 5.11 Å². The van der Waals surface area contributed by atoms with Crippen LogP contribution in [0.3, 0.4) is 0 Å². The third kappa shape index (κ3) is 4.30. The number of hydrogen-bond donors (Lipinski definition) is 2. The number of aryl methyl sites for hydroxylation is 1. The van der Waals surface area contributed by atoms with Crippen molar-refractivity contribution in [3.63, 3.8) is 0 Å². The summed E-state index contributed by atoms with van der Waals surface area (Å²) in [5, 5.41) is 10.9. The highest BCUT2D eigenvalue weighted by Gasteiger charge is 2.29. The number of benzene rings is 2. The fraction of sp³-hybridized carbons (Fsp3) is 0.200.